The topological polar surface area (TPSA) is 58.2 Å². The molecule has 0 aliphatic rings. The standard InChI is InChI=1S/C9H16N2O2S/c1-7(2)9(13)10-6-4-3-5-8(12)11-14/h14H,1,3-6H2,2H3,(H,10,13)(H,11,12). The molecule has 0 aromatic carbocycles. The van der Waals surface area contributed by atoms with Crippen molar-refractivity contribution < 1.29 is 9.59 Å². The largest absolute Gasteiger partial charge is 0.352 e. The zero-order valence-corrected chi connectivity index (χ0v) is 9.19. The predicted molar refractivity (Wildman–Crippen MR) is 58.8 cm³/mol. The molecule has 0 heterocycles. The number of unbranched alkanes of at least 4 members (excludes halogenated alkanes) is 1. The molecule has 0 radical (unpaired) electrons. The van der Waals surface area contributed by atoms with E-state index in [9.17, 15) is 9.59 Å². The smallest absolute Gasteiger partial charge is 0.246 e. The second kappa shape index (κ2) is 7.44. The van der Waals surface area contributed by atoms with Crippen LogP contribution in [0.1, 0.15) is 26.2 Å². The van der Waals surface area contributed by atoms with Crippen molar-refractivity contribution in [2.45, 2.75) is 26.2 Å². The predicted octanol–water partition coefficient (Wildman–Crippen LogP) is 0.810. The Labute approximate surface area is 89.7 Å². The minimum atomic E-state index is -0.136. The average Bonchev–Trinajstić information content (AvgIpc) is 2.16. The Morgan fingerprint density at radius 2 is 2.00 bits per heavy atom. The van der Waals surface area contributed by atoms with Gasteiger partial charge in [0.1, 0.15) is 0 Å². The fourth-order valence-corrected chi connectivity index (χ4v) is 0.931. The maximum Gasteiger partial charge on any atom is 0.246 e. The Kier molecular flexibility index (Phi) is 6.92. The van der Waals surface area contributed by atoms with Crippen LogP contribution in [0.25, 0.3) is 0 Å². The highest BCUT2D eigenvalue weighted by atomic mass is 32.1. The maximum absolute atomic E-state index is 11.0. The van der Waals surface area contributed by atoms with E-state index in [1.54, 1.807) is 6.92 Å². The van der Waals surface area contributed by atoms with Gasteiger partial charge in [-0.2, -0.15) is 0 Å². The van der Waals surface area contributed by atoms with Gasteiger partial charge in [0, 0.05) is 18.5 Å². The van der Waals surface area contributed by atoms with Crippen LogP contribution in [0.3, 0.4) is 0 Å². The van der Waals surface area contributed by atoms with Gasteiger partial charge in [-0.25, -0.2) is 0 Å². The van der Waals surface area contributed by atoms with Crippen LogP contribution in [0.15, 0.2) is 12.2 Å². The minimum absolute atomic E-state index is 0.0976. The number of thiol groups is 1. The van der Waals surface area contributed by atoms with Gasteiger partial charge in [-0.1, -0.05) is 19.4 Å². The number of nitrogens with one attached hydrogen (secondary N) is 2. The lowest BCUT2D eigenvalue weighted by Crippen LogP contribution is -2.24. The fraction of sp³-hybridized carbons (Fsp3) is 0.556. The lowest BCUT2D eigenvalue weighted by Gasteiger charge is -2.03. The molecule has 0 aromatic heterocycles. The number of carbonyl (C=O) groups excluding carboxylic acids is 2. The van der Waals surface area contributed by atoms with Gasteiger partial charge in [-0.15, -0.1) is 0 Å². The lowest BCUT2D eigenvalue weighted by molar-refractivity contribution is -0.119. The first-order valence-corrected chi connectivity index (χ1v) is 4.89. The third-order valence-corrected chi connectivity index (χ3v) is 1.88. The Morgan fingerprint density at radius 3 is 2.50 bits per heavy atom. The summed E-state index contributed by atoms with van der Waals surface area (Å²) < 4.78 is 2.24. The number of rotatable bonds is 6. The first kappa shape index (κ1) is 13.0. The van der Waals surface area contributed by atoms with Crippen LogP contribution >= 0.6 is 12.8 Å². The van der Waals surface area contributed by atoms with Crippen molar-refractivity contribution in [1.82, 2.24) is 10.0 Å². The van der Waals surface area contributed by atoms with Gasteiger partial charge in [0.25, 0.3) is 0 Å². The lowest BCUT2D eigenvalue weighted by atomic mass is 10.2. The maximum atomic E-state index is 11.0. The molecule has 0 spiro atoms. The zero-order chi connectivity index (χ0) is 11.0. The third kappa shape index (κ3) is 6.54. The molecule has 0 aliphatic heterocycles. The monoisotopic (exact) mass is 216 g/mol. The molecule has 0 rings (SSSR count). The van der Waals surface area contributed by atoms with Crippen LogP contribution in [0.2, 0.25) is 0 Å². The van der Waals surface area contributed by atoms with Gasteiger partial charge in [0.05, 0.1) is 0 Å². The van der Waals surface area contributed by atoms with Crippen LogP contribution < -0.4 is 10.0 Å². The van der Waals surface area contributed by atoms with Gasteiger partial charge in [0.2, 0.25) is 11.8 Å². The molecule has 0 aliphatic carbocycles. The Hall–Kier alpha value is -0.970. The number of hydrogen-bond acceptors (Lipinski definition) is 3. The van der Waals surface area contributed by atoms with Crippen molar-refractivity contribution >= 4 is 24.6 Å². The van der Waals surface area contributed by atoms with Crippen LogP contribution in [0, 0.1) is 0 Å². The van der Waals surface area contributed by atoms with E-state index in [0.29, 0.717) is 18.5 Å². The molecular formula is C9H16N2O2S. The van der Waals surface area contributed by atoms with Crippen LogP contribution in [-0.2, 0) is 9.59 Å². The highest BCUT2D eigenvalue weighted by molar-refractivity contribution is 7.78. The average molecular weight is 216 g/mol. The van der Waals surface area contributed by atoms with E-state index in [2.05, 4.69) is 29.4 Å². The van der Waals surface area contributed by atoms with E-state index in [1.165, 1.54) is 0 Å². The molecule has 80 valence electrons. The molecule has 0 saturated carbocycles. The molecule has 0 unspecified atom stereocenters. The molecular weight excluding hydrogens is 200 g/mol. The summed E-state index contributed by atoms with van der Waals surface area (Å²) >= 11 is 3.62. The summed E-state index contributed by atoms with van der Waals surface area (Å²) in [6.45, 7) is 5.74. The third-order valence-electron chi connectivity index (χ3n) is 1.63. The van der Waals surface area contributed by atoms with Crippen molar-refractivity contribution in [1.29, 1.82) is 0 Å². The Bertz CT molecular complexity index is 229. The van der Waals surface area contributed by atoms with E-state index in [4.69, 9.17) is 0 Å². The number of carbonyl (C=O) groups is 2. The van der Waals surface area contributed by atoms with E-state index in [-0.39, 0.29) is 11.8 Å². The van der Waals surface area contributed by atoms with Crippen molar-refractivity contribution in [3.63, 3.8) is 0 Å². The van der Waals surface area contributed by atoms with Gasteiger partial charge in [-0.3, -0.25) is 9.59 Å². The molecule has 2 N–H and O–H groups in total. The summed E-state index contributed by atoms with van der Waals surface area (Å²) in [6.07, 6.45) is 1.95. The number of hydrogen-bond donors (Lipinski definition) is 3. The van der Waals surface area contributed by atoms with Crippen molar-refractivity contribution in [3.05, 3.63) is 12.2 Å². The summed E-state index contributed by atoms with van der Waals surface area (Å²) in [6, 6.07) is 0. The van der Waals surface area contributed by atoms with Gasteiger partial charge >= 0.3 is 0 Å². The van der Waals surface area contributed by atoms with Crippen LogP contribution in [0.4, 0.5) is 0 Å². The highest BCUT2D eigenvalue weighted by Crippen LogP contribution is 1.95. The van der Waals surface area contributed by atoms with Crippen LogP contribution in [-0.4, -0.2) is 18.4 Å². The second-order valence-corrected chi connectivity index (χ2v) is 3.25. The molecule has 14 heavy (non-hydrogen) atoms. The normalized spacial score (nSPS) is 9.29. The molecule has 0 aromatic rings. The van der Waals surface area contributed by atoms with Gasteiger partial charge in [-0.05, 0) is 19.8 Å². The molecule has 0 atom stereocenters. The Balaban J connectivity index is 3.34. The van der Waals surface area contributed by atoms with Crippen molar-refractivity contribution in [3.8, 4) is 0 Å². The van der Waals surface area contributed by atoms with E-state index >= 15 is 0 Å². The Morgan fingerprint density at radius 1 is 1.36 bits per heavy atom. The molecule has 0 bridgehead atoms. The summed E-state index contributed by atoms with van der Waals surface area (Å²) in [5.41, 5.74) is 0.498. The molecule has 2 amide bonds. The molecule has 4 nitrogen and oxygen atoms in total. The quantitative estimate of drug-likeness (QED) is 0.349. The molecule has 0 fully saturated rings. The van der Waals surface area contributed by atoms with E-state index < -0.39 is 0 Å². The summed E-state index contributed by atoms with van der Waals surface area (Å²) in [4.78, 5) is 21.7. The second-order valence-electron chi connectivity index (χ2n) is 3.03. The SMILES string of the molecule is C=C(C)C(=O)NCCCCC(=O)NS. The van der Waals surface area contributed by atoms with E-state index in [0.717, 1.165) is 12.8 Å². The number of amides is 2. The highest BCUT2D eigenvalue weighted by Gasteiger charge is 2.01. The van der Waals surface area contributed by atoms with E-state index in [1.807, 2.05) is 0 Å². The van der Waals surface area contributed by atoms with Gasteiger partial charge in [0.15, 0.2) is 0 Å². The first-order valence-electron chi connectivity index (χ1n) is 4.44. The summed E-state index contributed by atoms with van der Waals surface area (Å²) in [5.74, 6) is -0.233. The van der Waals surface area contributed by atoms with Crippen LogP contribution in [0.5, 0.6) is 0 Å². The summed E-state index contributed by atoms with van der Waals surface area (Å²) in [5, 5.41) is 2.68. The van der Waals surface area contributed by atoms with Crippen molar-refractivity contribution in [2.24, 2.45) is 0 Å². The minimum Gasteiger partial charge on any atom is -0.352 e. The molecule has 0 saturated heterocycles. The summed E-state index contributed by atoms with van der Waals surface area (Å²) in [7, 11) is 0. The van der Waals surface area contributed by atoms with Crippen molar-refractivity contribution in [2.75, 3.05) is 6.54 Å². The first-order chi connectivity index (χ1) is 6.57. The zero-order valence-electron chi connectivity index (χ0n) is 8.30. The molecule has 5 heteroatoms. The van der Waals surface area contributed by atoms with Gasteiger partial charge < -0.3 is 10.0 Å². The fourth-order valence-electron chi connectivity index (χ4n) is 0.819.